The summed E-state index contributed by atoms with van der Waals surface area (Å²) in [5.74, 6) is 0.221. The van der Waals surface area contributed by atoms with E-state index in [2.05, 4.69) is 21.9 Å². The Balaban J connectivity index is 2.84. The fourth-order valence-electron chi connectivity index (χ4n) is 1.36. The van der Waals surface area contributed by atoms with Crippen LogP contribution in [0.1, 0.15) is 17.9 Å². The Kier molecular flexibility index (Phi) is 3.99. The molecule has 1 rings (SSSR count). The monoisotopic (exact) mass is 221 g/mol. The van der Waals surface area contributed by atoms with E-state index < -0.39 is 12.0 Å². The van der Waals surface area contributed by atoms with Crippen LogP contribution in [0.5, 0.6) is 0 Å². The highest BCUT2D eigenvalue weighted by atomic mass is 16.4. The van der Waals surface area contributed by atoms with Crippen LogP contribution >= 0.6 is 0 Å². The predicted octanol–water partition coefficient (Wildman–Crippen LogP) is 1.53. The van der Waals surface area contributed by atoms with E-state index in [0.29, 0.717) is 18.1 Å². The molecule has 0 radical (unpaired) electrons. The molecule has 0 spiro atoms. The van der Waals surface area contributed by atoms with Crippen molar-refractivity contribution in [1.82, 2.24) is 9.97 Å². The van der Waals surface area contributed by atoms with Crippen molar-refractivity contribution in [3.63, 3.8) is 0 Å². The zero-order chi connectivity index (χ0) is 12.1. The van der Waals surface area contributed by atoms with E-state index >= 15 is 0 Å². The Labute approximate surface area is 94.2 Å². The van der Waals surface area contributed by atoms with Crippen LogP contribution in [0.15, 0.2) is 18.7 Å². The molecule has 0 bridgehead atoms. The van der Waals surface area contributed by atoms with Gasteiger partial charge in [0.2, 0.25) is 0 Å². The van der Waals surface area contributed by atoms with E-state index in [1.807, 2.05) is 6.92 Å². The number of aryl methyl sites for hydroxylation is 2. The molecule has 0 saturated heterocycles. The second-order valence-electron chi connectivity index (χ2n) is 3.50. The molecule has 0 saturated carbocycles. The Bertz CT molecular complexity index is 384. The van der Waals surface area contributed by atoms with Crippen molar-refractivity contribution >= 4 is 11.8 Å². The van der Waals surface area contributed by atoms with E-state index in [1.54, 1.807) is 19.1 Å². The van der Waals surface area contributed by atoms with Gasteiger partial charge in [0, 0.05) is 11.8 Å². The van der Waals surface area contributed by atoms with Gasteiger partial charge in [0.25, 0.3) is 0 Å². The number of carboxylic acids is 1. The second-order valence-corrected chi connectivity index (χ2v) is 3.50. The Morgan fingerprint density at radius 2 is 2.31 bits per heavy atom. The van der Waals surface area contributed by atoms with Crippen LogP contribution in [-0.4, -0.2) is 27.1 Å². The van der Waals surface area contributed by atoms with Crippen LogP contribution < -0.4 is 5.32 Å². The summed E-state index contributed by atoms with van der Waals surface area (Å²) in [5.41, 5.74) is 0.803. The van der Waals surface area contributed by atoms with E-state index in [-0.39, 0.29) is 0 Å². The average Bonchev–Trinajstić information content (AvgIpc) is 2.15. The molecule has 0 aliphatic rings. The molecular weight excluding hydrogens is 206 g/mol. The lowest BCUT2D eigenvalue weighted by Gasteiger charge is -2.13. The zero-order valence-corrected chi connectivity index (χ0v) is 9.40. The predicted molar refractivity (Wildman–Crippen MR) is 61.4 cm³/mol. The van der Waals surface area contributed by atoms with Crippen molar-refractivity contribution in [1.29, 1.82) is 0 Å². The molecule has 5 nitrogen and oxygen atoms in total. The Morgan fingerprint density at radius 3 is 2.81 bits per heavy atom. The molecule has 0 aromatic carbocycles. The molecule has 1 aromatic heterocycles. The van der Waals surface area contributed by atoms with Crippen molar-refractivity contribution in [2.75, 3.05) is 5.32 Å². The van der Waals surface area contributed by atoms with Crippen LogP contribution in [0.2, 0.25) is 0 Å². The number of rotatable bonds is 5. The maximum atomic E-state index is 10.9. The largest absolute Gasteiger partial charge is 0.480 e. The molecule has 2 N–H and O–H groups in total. The summed E-state index contributed by atoms with van der Waals surface area (Å²) in [7, 11) is 0. The molecule has 86 valence electrons. The van der Waals surface area contributed by atoms with Gasteiger partial charge in [-0.05, 0) is 20.3 Å². The van der Waals surface area contributed by atoms with Gasteiger partial charge >= 0.3 is 5.97 Å². The average molecular weight is 221 g/mol. The normalized spacial score (nSPS) is 11.9. The fourth-order valence-corrected chi connectivity index (χ4v) is 1.36. The molecule has 0 aliphatic carbocycles. The van der Waals surface area contributed by atoms with Gasteiger partial charge in [0.15, 0.2) is 0 Å². The molecule has 16 heavy (non-hydrogen) atoms. The van der Waals surface area contributed by atoms with Crippen molar-refractivity contribution in [3.05, 3.63) is 30.2 Å². The summed E-state index contributed by atoms with van der Waals surface area (Å²) in [4.78, 5) is 19.1. The van der Waals surface area contributed by atoms with Crippen LogP contribution in [0.25, 0.3) is 0 Å². The number of nitrogens with one attached hydrogen (secondary N) is 1. The van der Waals surface area contributed by atoms with E-state index in [1.165, 1.54) is 0 Å². The van der Waals surface area contributed by atoms with Gasteiger partial charge in [0.1, 0.15) is 17.7 Å². The van der Waals surface area contributed by atoms with Crippen molar-refractivity contribution in [3.8, 4) is 0 Å². The lowest BCUT2D eigenvalue weighted by molar-refractivity contribution is -0.137. The number of carboxylic acid groups (broad SMARTS) is 1. The number of anilines is 1. The van der Waals surface area contributed by atoms with Gasteiger partial charge in [-0.2, -0.15) is 0 Å². The number of carbonyl (C=O) groups is 1. The Hall–Kier alpha value is -1.91. The van der Waals surface area contributed by atoms with Gasteiger partial charge in [-0.25, -0.2) is 14.8 Å². The van der Waals surface area contributed by atoms with Crippen LogP contribution in [0.3, 0.4) is 0 Å². The molecule has 0 aliphatic heterocycles. The second kappa shape index (κ2) is 5.25. The standard InChI is InChI=1S/C11H15N3O2/c1-4-5-9(11(15)16)14-10-6-7(2)12-8(3)13-10/h4,6,9H,1,5H2,2-3H3,(H,15,16)(H,12,13,14). The quantitative estimate of drug-likeness (QED) is 0.737. The van der Waals surface area contributed by atoms with Crippen LogP contribution in [-0.2, 0) is 4.79 Å². The first kappa shape index (κ1) is 12.2. The first-order chi connectivity index (χ1) is 7.52. The topological polar surface area (TPSA) is 75.1 Å². The third-order valence-corrected chi connectivity index (χ3v) is 1.99. The molecule has 1 heterocycles. The van der Waals surface area contributed by atoms with E-state index in [0.717, 1.165) is 5.69 Å². The maximum Gasteiger partial charge on any atom is 0.326 e. The van der Waals surface area contributed by atoms with Crippen LogP contribution in [0.4, 0.5) is 5.82 Å². The summed E-state index contributed by atoms with van der Waals surface area (Å²) < 4.78 is 0. The highest BCUT2D eigenvalue weighted by molar-refractivity contribution is 5.77. The van der Waals surface area contributed by atoms with Crippen molar-refractivity contribution < 1.29 is 9.90 Å². The minimum atomic E-state index is -0.922. The summed E-state index contributed by atoms with van der Waals surface area (Å²) in [5, 5.41) is 11.8. The summed E-state index contributed by atoms with van der Waals surface area (Å²) in [6, 6.07) is 1.01. The first-order valence-electron chi connectivity index (χ1n) is 4.95. The Morgan fingerprint density at radius 1 is 1.62 bits per heavy atom. The lowest BCUT2D eigenvalue weighted by atomic mass is 10.2. The van der Waals surface area contributed by atoms with Gasteiger partial charge in [-0.3, -0.25) is 0 Å². The maximum absolute atomic E-state index is 10.9. The third-order valence-electron chi connectivity index (χ3n) is 1.99. The SMILES string of the molecule is C=CCC(Nc1cc(C)nc(C)n1)C(=O)O. The van der Waals surface area contributed by atoms with Gasteiger partial charge in [-0.15, -0.1) is 6.58 Å². The minimum absolute atomic E-state index is 0.345. The molecule has 0 amide bonds. The molecular formula is C11H15N3O2. The van der Waals surface area contributed by atoms with Crippen LogP contribution in [0, 0.1) is 13.8 Å². The van der Waals surface area contributed by atoms with E-state index in [9.17, 15) is 4.79 Å². The molecule has 1 unspecified atom stereocenters. The summed E-state index contributed by atoms with van der Waals surface area (Å²) in [6.45, 7) is 7.13. The van der Waals surface area contributed by atoms with Crippen molar-refractivity contribution in [2.24, 2.45) is 0 Å². The highest BCUT2D eigenvalue weighted by Crippen LogP contribution is 2.09. The number of nitrogens with zero attached hydrogens (tertiary/aromatic N) is 2. The number of hydrogen-bond acceptors (Lipinski definition) is 4. The van der Waals surface area contributed by atoms with Crippen molar-refractivity contribution in [2.45, 2.75) is 26.3 Å². The van der Waals surface area contributed by atoms with E-state index in [4.69, 9.17) is 5.11 Å². The third kappa shape index (κ3) is 3.34. The number of aliphatic carboxylic acids is 1. The molecule has 1 atom stereocenters. The summed E-state index contributed by atoms with van der Waals surface area (Å²) >= 11 is 0. The molecule has 1 aromatic rings. The fraction of sp³-hybridized carbons (Fsp3) is 0.364. The smallest absolute Gasteiger partial charge is 0.326 e. The lowest BCUT2D eigenvalue weighted by Crippen LogP contribution is -2.29. The van der Waals surface area contributed by atoms with Gasteiger partial charge < -0.3 is 10.4 Å². The molecule has 0 fully saturated rings. The highest BCUT2D eigenvalue weighted by Gasteiger charge is 2.15. The number of aromatic nitrogens is 2. The first-order valence-corrected chi connectivity index (χ1v) is 4.95. The summed E-state index contributed by atoms with van der Waals surface area (Å²) in [6.07, 6.45) is 1.91. The molecule has 5 heteroatoms. The number of hydrogen-bond donors (Lipinski definition) is 2. The zero-order valence-electron chi connectivity index (χ0n) is 9.40. The minimum Gasteiger partial charge on any atom is -0.480 e. The van der Waals surface area contributed by atoms with Gasteiger partial charge in [0.05, 0.1) is 0 Å². The van der Waals surface area contributed by atoms with Gasteiger partial charge in [-0.1, -0.05) is 6.08 Å².